The summed E-state index contributed by atoms with van der Waals surface area (Å²) in [5.74, 6) is -7.01. The van der Waals surface area contributed by atoms with E-state index in [4.69, 9.17) is 10.5 Å². The number of fused-ring (bicyclic) bond motifs is 3. The molecule has 3 aliphatic rings. The number of aromatic hydroxyl groups is 1. The van der Waals surface area contributed by atoms with Gasteiger partial charge in [-0.1, -0.05) is 0 Å². The third kappa shape index (κ3) is 2.90. The van der Waals surface area contributed by atoms with Crippen LogP contribution in [0.1, 0.15) is 27.9 Å². The minimum Gasteiger partial charge on any atom is -0.510 e. The van der Waals surface area contributed by atoms with Crippen molar-refractivity contribution in [3.05, 3.63) is 45.4 Å². The molecule has 0 unspecified atom stereocenters. The first kappa shape index (κ1) is 23.7. The van der Waals surface area contributed by atoms with Crippen LogP contribution < -0.4 is 10.5 Å². The number of carbonyl (C=O) groups is 3. The predicted molar refractivity (Wildman–Crippen MR) is 116 cm³/mol. The van der Waals surface area contributed by atoms with Gasteiger partial charge in [-0.25, -0.2) is 0 Å². The second-order valence-corrected chi connectivity index (χ2v) is 9.06. The number of aliphatic hydroxyl groups is 4. The SMILES string of the molecule is COc1c(CO)cc(O)c2c1C[C@H]1C[C@H]3[C@H](N(C)C)C(O)=C(C(N)=O)C(=O)[C@@]3(O)C(O)=C1C2=O. The summed E-state index contributed by atoms with van der Waals surface area (Å²) in [6.45, 7) is -0.453. The topological polar surface area (TPSA) is 191 Å². The summed E-state index contributed by atoms with van der Waals surface area (Å²) >= 11 is 0. The van der Waals surface area contributed by atoms with E-state index in [1.54, 1.807) is 14.1 Å². The van der Waals surface area contributed by atoms with Crippen LogP contribution in [0.3, 0.4) is 0 Å². The van der Waals surface area contributed by atoms with Crippen LogP contribution in [0.15, 0.2) is 28.7 Å². The molecule has 0 radical (unpaired) electrons. The maximum Gasteiger partial charge on any atom is 0.255 e. The monoisotopic (exact) mass is 474 g/mol. The van der Waals surface area contributed by atoms with Crippen LogP contribution in [0, 0.1) is 11.8 Å². The van der Waals surface area contributed by atoms with Crippen molar-refractivity contribution in [1.29, 1.82) is 0 Å². The Labute approximate surface area is 194 Å². The molecule has 0 heterocycles. The zero-order valence-electron chi connectivity index (χ0n) is 18.8. The minimum absolute atomic E-state index is 0.0287. The van der Waals surface area contributed by atoms with Crippen LogP contribution in [0.2, 0.25) is 0 Å². The maximum atomic E-state index is 13.5. The Hall–Kier alpha value is -3.41. The van der Waals surface area contributed by atoms with Crippen LogP contribution in [0.4, 0.5) is 0 Å². The molecule has 0 saturated heterocycles. The first-order chi connectivity index (χ1) is 15.9. The number of likely N-dealkylation sites (N-methyl/N-ethyl adjacent to an activating group) is 1. The summed E-state index contributed by atoms with van der Waals surface area (Å²) in [6.07, 6.45) is 0.0537. The lowest BCUT2D eigenvalue weighted by Crippen LogP contribution is -2.63. The maximum absolute atomic E-state index is 13.5. The van der Waals surface area contributed by atoms with Gasteiger partial charge in [-0.15, -0.1) is 0 Å². The van der Waals surface area contributed by atoms with Crippen LogP contribution in [-0.2, 0) is 22.6 Å². The third-order valence-electron chi connectivity index (χ3n) is 7.12. The molecular formula is C23H26N2O9. The van der Waals surface area contributed by atoms with Crippen molar-refractivity contribution in [2.24, 2.45) is 17.6 Å². The van der Waals surface area contributed by atoms with Gasteiger partial charge in [0.05, 0.1) is 25.3 Å². The van der Waals surface area contributed by atoms with Gasteiger partial charge in [-0.2, -0.15) is 0 Å². The van der Waals surface area contributed by atoms with Crippen LogP contribution in [-0.4, -0.2) is 80.8 Å². The van der Waals surface area contributed by atoms with E-state index in [1.807, 2.05) is 0 Å². The first-order valence-corrected chi connectivity index (χ1v) is 10.6. The first-order valence-electron chi connectivity index (χ1n) is 10.6. The highest BCUT2D eigenvalue weighted by atomic mass is 16.5. The predicted octanol–water partition coefficient (Wildman–Crippen LogP) is -0.378. The molecule has 4 rings (SSSR count). The number of ether oxygens (including phenoxy) is 1. The molecule has 0 aliphatic heterocycles. The second-order valence-electron chi connectivity index (χ2n) is 9.06. The second kappa shape index (κ2) is 7.83. The number of hydrogen-bond donors (Lipinski definition) is 6. The van der Waals surface area contributed by atoms with Crippen LogP contribution in [0.5, 0.6) is 11.5 Å². The summed E-state index contributed by atoms with van der Waals surface area (Å²) in [7, 11) is 4.47. The van der Waals surface area contributed by atoms with Crippen molar-refractivity contribution in [3.8, 4) is 11.5 Å². The fourth-order valence-corrected chi connectivity index (χ4v) is 5.73. The number of phenolic OH excluding ortho intramolecular Hbond substituents is 1. The van der Waals surface area contributed by atoms with E-state index in [1.165, 1.54) is 18.1 Å². The number of allylic oxidation sites excluding steroid dienone is 1. The lowest BCUT2D eigenvalue weighted by molar-refractivity contribution is -0.148. The van der Waals surface area contributed by atoms with Crippen molar-refractivity contribution in [2.75, 3.05) is 21.2 Å². The number of Topliss-reactive ketones (excluding diaryl/α,β-unsaturated/α-hetero) is 2. The molecule has 7 N–H and O–H groups in total. The van der Waals surface area contributed by atoms with Gasteiger partial charge in [0, 0.05) is 22.6 Å². The number of rotatable bonds is 4. The molecule has 3 aliphatic carbocycles. The molecule has 0 bridgehead atoms. The number of nitrogens with two attached hydrogens (primary N) is 1. The number of methoxy groups -OCH3 is 1. The molecule has 11 heteroatoms. The number of primary amides is 1. The molecule has 0 saturated carbocycles. The third-order valence-corrected chi connectivity index (χ3v) is 7.12. The van der Waals surface area contributed by atoms with Gasteiger partial charge in [0.2, 0.25) is 5.78 Å². The van der Waals surface area contributed by atoms with E-state index in [2.05, 4.69) is 0 Å². The number of aliphatic hydroxyl groups excluding tert-OH is 3. The fraction of sp³-hybridized carbons (Fsp3) is 0.435. The Morgan fingerprint density at radius 2 is 1.91 bits per heavy atom. The van der Waals surface area contributed by atoms with Gasteiger partial charge in [0.25, 0.3) is 5.91 Å². The quantitative estimate of drug-likeness (QED) is 0.314. The van der Waals surface area contributed by atoms with Gasteiger partial charge < -0.3 is 36.0 Å². The molecule has 1 amide bonds. The number of nitrogens with zero attached hydrogens (tertiary/aromatic N) is 1. The minimum atomic E-state index is -2.69. The lowest BCUT2D eigenvalue weighted by atomic mass is 9.58. The molecule has 1 aromatic carbocycles. The standard InChI is InChI=1S/C23H26N2O9/c1-25(2)16-11-5-8-4-10-14(12(27)6-9(7-26)19(10)34-3)17(28)13(8)20(30)23(11,33)21(31)15(18(16)29)22(24)32/h6,8,11,16,26-27,29-30,33H,4-5,7H2,1-3H3,(H2,24,32)/t8-,11-,16-,23-/m0/s1. The summed E-state index contributed by atoms with van der Waals surface area (Å²) in [6, 6.07) is 0.109. The molecule has 0 spiro atoms. The van der Waals surface area contributed by atoms with Crippen molar-refractivity contribution in [3.63, 3.8) is 0 Å². The Balaban J connectivity index is 1.98. The van der Waals surface area contributed by atoms with E-state index in [-0.39, 0.29) is 35.3 Å². The molecule has 4 atom stereocenters. The number of hydrogen-bond acceptors (Lipinski definition) is 10. The number of ketones is 2. The van der Waals surface area contributed by atoms with E-state index in [0.29, 0.717) is 5.56 Å². The highest BCUT2D eigenvalue weighted by Crippen LogP contribution is 2.53. The smallest absolute Gasteiger partial charge is 0.255 e. The van der Waals surface area contributed by atoms with Crippen molar-refractivity contribution < 1.29 is 44.7 Å². The highest BCUT2D eigenvalue weighted by Gasteiger charge is 2.63. The summed E-state index contributed by atoms with van der Waals surface area (Å²) in [5, 5.41) is 53.6. The molecular weight excluding hydrogens is 448 g/mol. The summed E-state index contributed by atoms with van der Waals surface area (Å²) < 4.78 is 5.39. The van der Waals surface area contributed by atoms with Crippen molar-refractivity contribution in [1.82, 2.24) is 4.90 Å². The van der Waals surface area contributed by atoms with Crippen LogP contribution in [0.25, 0.3) is 0 Å². The van der Waals surface area contributed by atoms with Gasteiger partial charge in [-0.3, -0.25) is 19.3 Å². The number of phenols is 1. The van der Waals surface area contributed by atoms with Crippen molar-refractivity contribution >= 4 is 17.5 Å². The number of benzene rings is 1. The van der Waals surface area contributed by atoms with E-state index in [0.717, 1.165) is 0 Å². The summed E-state index contributed by atoms with van der Waals surface area (Å²) in [4.78, 5) is 40.1. The number of amides is 1. The van der Waals surface area contributed by atoms with Crippen molar-refractivity contribution in [2.45, 2.75) is 31.1 Å². The molecule has 0 fully saturated rings. The largest absolute Gasteiger partial charge is 0.510 e. The van der Waals surface area contributed by atoms with E-state index in [9.17, 15) is 39.9 Å². The Bertz CT molecular complexity index is 1200. The molecule has 11 nitrogen and oxygen atoms in total. The average molecular weight is 474 g/mol. The van der Waals surface area contributed by atoms with Gasteiger partial charge >= 0.3 is 0 Å². The molecule has 182 valence electrons. The van der Waals surface area contributed by atoms with Gasteiger partial charge in [0.15, 0.2) is 11.4 Å². The van der Waals surface area contributed by atoms with Gasteiger partial charge in [0.1, 0.15) is 28.6 Å². The van der Waals surface area contributed by atoms with Gasteiger partial charge in [-0.05, 0) is 38.9 Å². The molecule has 34 heavy (non-hydrogen) atoms. The highest BCUT2D eigenvalue weighted by molar-refractivity contribution is 6.24. The fourth-order valence-electron chi connectivity index (χ4n) is 5.73. The Morgan fingerprint density at radius 1 is 1.26 bits per heavy atom. The lowest BCUT2D eigenvalue weighted by Gasteiger charge is -2.50. The molecule has 0 aromatic heterocycles. The Kier molecular flexibility index (Phi) is 5.46. The van der Waals surface area contributed by atoms with Crippen LogP contribution >= 0.6 is 0 Å². The number of carbonyl (C=O) groups excluding carboxylic acids is 3. The zero-order valence-corrected chi connectivity index (χ0v) is 18.8. The zero-order chi connectivity index (χ0) is 25.3. The molecule has 1 aromatic rings. The summed E-state index contributed by atoms with van der Waals surface area (Å²) in [5.41, 5.74) is 1.92. The van der Waals surface area contributed by atoms with E-state index < -0.39 is 70.4 Å². The van der Waals surface area contributed by atoms with E-state index >= 15 is 0 Å². The average Bonchev–Trinajstić information content (AvgIpc) is 2.75. The normalized spacial score (nSPS) is 28.6. The Morgan fingerprint density at radius 3 is 2.44 bits per heavy atom.